The number of nitrogens with one attached hydrogen (secondary N) is 6. The molecule has 0 spiro atoms. The molecule has 0 unspecified atom stereocenters. The number of H-pyrrole nitrogens is 1. The fraction of sp³-hybridized carbons (Fsp3) is 0.310. The van der Waals surface area contributed by atoms with Crippen molar-refractivity contribution >= 4 is 64.2 Å². The lowest BCUT2D eigenvalue weighted by Gasteiger charge is -2.27. The largest absolute Gasteiger partial charge is 0.508 e. The summed E-state index contributed by atoms with van der Waals surface area (Å²) in [7, 11) is 0. The molecule has 0 saturated heterocycles. The molecule has 1 heterocycles. The molecule has 0 aliphatic carbocycles. The van der Waals surface area contributed by atoms with Crippen LogP contribution in [0, 0.1) is 0 Å². The number of nitrogens with two attached hydrogens (primary N) is 3. The van der Waals surface area contributed by atoms with Crippen LogP contribution in [-0.4, -0.2) is 110 Å². The van der Waals surface area contributed by atoms with Crippen molar-refractivity contribution in [2.75, 3.05) is 0 Å². The molecular weight excluding hydrogens is 823 g/mol. The van der Waals surface area contributed by atoms with Gasteiger partial charge in [-0.3, -0.25) is 43.2 Å². The van der Waals surface area contributed by atoms with E-state index >= 15 is 0 Å². The van der Waals surface area contributed by atoms with E-state index in [0.29, 0.717) is 27.6 Å². The minimum absolute atomic E-state index is 0.0605. The van der Waals surface area contributed by atoms with Crippen LogP contribution in [0.3, 0.4) is 0 Å². The molecule has 3 aromatic carbocycles. The minimum atomic E-state index is -1.81. The number of hydrogen-bond acceptors (Lipinski definition) is 11. The topological polar surface area (TPSA) is 368 Å². The first-order chi connectivity index (χ1) is 29.9. The standard InChI is InChI=1S/C42H49N9O12/c43-27(19-35(54)55)38(59)49-32(18-24-21-46-28-9-5-4-8-26(24)28)41(62)47-29(14-15-34(44)53)39(60)50-31(17-23-10-12-25(52)13-11-23)40(61)51-33(20-36(56)57)42(63)48-30(37(45)58)16-22-6-2-1-3-7-22/h1-13,21,27,29-33,46,52H,14-20,43H2,(H2,44,53)(H2,45,58)(H,47,62)(H,48,63)(H,49,59)(H,50,60)(H,51,61)(H,54,55)(H,56,57)/t27-,29-,30-,31-,32-,33-/m0/s1. The van der Waals surface area contributed by atoms with Crippen LogP contribution in [0.1, 0.15) is 42.4 Å². The lowest BCUT2D eigenvalue weighted by atomic mass is 10.0. The second kappa shape index (κ2) is 22.7. The van der Waals surface area contributed by atoms with E-state index < -0.39 is 115 Å². The lowest BCUT2D eigenvalue weighted by Crippen LogP contribution is -2.60. The fourth-order valence-electron chi connectivity index (χ4n) is 6.47. The molecule has 0 bridgehead atoms. The van der Waals surface area contributed by atoms with Crippen molar-refractivity contribution in [2.24, 2.45) is 17.2 Å². The van der Waals surface area contributed by atoms with Gasteiger partial charge in [0, 0.05) is 42.8 Å². The number of phenolic OH excluding ortho intramolecular Hbond substituents is 1. The third-order valence-electron chi connectivity index (χ3n) is 9.74. The fourth-order valence-corrected chi connectivity index (χ4v) is 6.47. The van der Waals surface area contributed by atoms with E-state index in [9.17, 15) is 58.5 Å². The minimum Gasteiger partial charge on any atom is -0.508 e. The molecule has 4 aromatic rings. The van der Waals surface area contributed by atoms with Crippen LogP contribution >= 0.6 is 0 Å². The SMILES string of the molecule is NC(=O)CC[C@H](NC(=O)[C@H](Cc1c[nH]c2ccccc12)NC(=O)[C@@H](N)CC(=O)O)C(=O)N[C@@H](Cc1ccc(O)cc1)C(=O)N[C@@H](CC(=O)O)C(=O)N[C@@H](Cc1ccccc1)C(N)=O. The van der Waals surface area contributed by atoms with E-state index in [1.54, 1.807) is 60.8 Å². The molecule has 6 atom stereocenters. The molecule has 15 N–H and O–H groups in total. The number of aromatic nitrogens is 1. The van der Waals surface area contributed by atoms with Gasteiger partial charge >= 0.3 is 11.9 Å². The Hall–Kier alpha value is -7.81. The molecule has 0 aliphatic rings. The quantitative estimate of drug-likeness (QED) is 0.0376. The monoisotopic (exact) mass is 871 g/mol. The molecule has 0 fully saturated rings. The summed E-state index contributed by atoms with van der Waals surface area (Å²) in [5.41, 5.74) is 18.9. The molecule has 0 aliphatic heterocycles. The summed E-state index contributed by atoms with van der Waals surface area (Å²) in [5, 5.41) is 41.5. The third kappa shape index (κ3) is 15.0. The Morgan fingerprint density at radius 2 is 1.05 bits per heavy atom. The summed E-state index contributed by atoms with van der Waals surface area (Å²) in [6.07, 6.45) is -1.60. The van der Waals surface area contributed by atoms with Crippen LogP contribution in [0.15, 0.2) is 85.1 Å². The second-order valence-corrected chi connectivity index (χ2v) is 14.6. The molecule has 21 nitrogen and oxygen atoms in total. The predicted molar refractivity (Wildman–Crippen MR) is 224 cm³/mol. The van der Waals surface area contributed by atoms with Crippen molar-refractivity contribution in [1.29, 1.82) is 0 Å². The average molecular weight is 872 g/mol. The summed E-state index contributed by atoms with van der Waals surface area (Å²) in [5.74, 6) is -10.0. The Morgan fingerprint density at radius 1 is 0.556 bits per heavy atom. The number of primary amides is 2. The highest BCUT2D eigenvalue weighted by molar-refractivity contribution is 5.98. The Balaban J connectivity index is 1.62. The molecule has 63 heavy (non-hydrogen) atoms. The first-order valence-electron chi connectivity index (χ1n) is 19.6. The zero-order valence-corrected chi connectivity index (χ0v) is 33.7. The number of amides is 7. The normalized spacial score (nSPS) is 13.8. The van der Waals surface area contributed by atoms with Gasteiger partial charge in [0.2, 0.25) is 41.4 Å². The number of fused-ring (bicyclic) bond motifs is 1. The molecule has 1 aromatic heterocycles. The number of carbonyl (C=O) groups is 9. The predicted octanol–water partition coefficient (Wildman–Crippen LogP) is -1.65. The highest BCUT2D eigenvalue weighted by Gasteiger charge is 2.34. The van der Waals surface area contributed by atoms with Crippen molar-refractivity contribution in [3.63, 3.8) is 0 Å². The number of carboxylic acid groups (broad SMARTS) is 2. The summed E-state index contributed by atoms with van der Waals surface area (Å²) < 4.78 is 0. The van der Waals surface area contributed by atoms with E-state index in [-0.39, 0.29) is 25.0 Å². The van der Waals surface area contributed by atoms with Gasteiger partial charge in [-0.25, -0.2) is 0 Å². The Morgan fingerprint density at radius 3 is 1.67 bits per heavy atom. The van der Waals surface area contributed by atoms with Crippen molar-refractivity contribution in [3.8, 4) is 5.75 Å². The van der Waals surface area contributed by atoms with Gasteiger partial charge in [0.25, 0.3) is 0 Å². The van der Waals surface area contributed by atoms with Crippen LogP contribution in [0.5, 0.6) is 5.75 Å². The number of benzene rings is 3. The van der Waals surface area contributed by atoms with Crippen molar-refractivity contribution in [1.82, 2.24) is 31.6 Å². The first-order valence-corrected chi connectivity index (χ1v) is 19.6. The van der Waals surface area contributed by atoms with Crippen molar-refractivity contribution in [2.45, 2.75) is 81.2 Å². The third-order valence-corrected chi connectivity index (χ3v) is 9.74. The highest BCUT2D eigenvalue weighted by Crippen LogP contribution is 2.20. The van der Waals surface area contributed by atoms with E-state index in [1.807, 2.05) is 0 Å². The smallest absolute Gasteiger partial charge is 0.305 e. The summed E-state index contributed by atoms with van der Waals surface area (Å²) >= 11 is 0. The number of rotatable bonds is 24. The Kier molecular flexibility index (Phi) is 17.2. The van der Waals surface area contributed by atoms with Gasteiger partial charge in [0.05, 0.1) is 18.9 Å². The van der Waals surface area contributed by atoms with Crippen LogP contribution in [0.25, 0.3) is 10.9 Å². The van der Waals surface area contributed by atoms with Crippen LogP contribution < -0.4 is 43.8 Å². The lowest BCUT2D eigenvalue weighted by molar-refractivity contribution is -0.141. The molecule has 4 rings (SSSR count). The van der Waals surface area contributed by atoms with Crippen molar-refractivity contribution in [3.05, 3.63) is 102 Å². The summed E-state index contributed by atoms with van der Waals surface area (Å²) in [6.45, 7) is 0. The number of carboxylic acids is 2. The average Bonchev–Trinajstić information content (AvgIpc) is 3.64. The van der Waals surface area contributed by atoms with Gasteiger partial charge in [-0.1, -0.05) is 60.7 Å². The maximum absolute atomic E-state index is 14.1. The molecular formula is C42H49N9O12. The van der Waals surface area contributed by atoms with E-state index in [1.165, 1.54) is 24.3 Å². The van der Waals surface area contributed by atoms with Crippen LogP contribution in [-0.2, 0) is 62.4 Å². The highest BCUT2D eigenvalue weighted by atomic mass is 16.4. The molecule has 334 valence electrons. The first kappa shape index (κ1) is 47.9. The number of aromatic hydroxyl groups is 1. The van der Waals surface area contributed by atoms with Crippen LogP contribution in [0.2, 0.25) is 0 Å². The van der Waals surface area contributed by atoms with Gasteiger partial charge in [0.1, 0.15) is 36.0 Å². The van der Waals surface area contributed by atoms with E-state index in [4.69, 9.17) is 17.2 Å². The molecule has 21 heteroatoms. The summed E-state index contributed by atoms with van der Waals surface area (Å²) in [4.78, 5) is 119. The number of hydrogen-bond donors (Lipinski definition) is 12. The Bertz CT molecular complexity index is 2300. The zero-order valence-electron chi connectivity index (χ0n) is 33.7. The zero-order chi connectivity index (χ0) is 46.2. The number of aliphatic carboxylic acids is 2. The van der Waals surface area contributed by atoms with Crippen molar-refractivity contribution < 1.29 is 58.5 Å². The Labute approximate surface area is 359 Å². The number of para-hydroxylation sites is 1. The van der Waals surface area contributed by atoms with Gasteiger partial charge in [0.15, 0.2) is 0 Å². The van der Waals surface area contributed by atoms with Gasteiger partial charge < -0.3 is 64.1 Å². The maximum Gasteiger partial charge on any atom is 0.305 e. The summed E-state index contributed by atoms with van der Waals surface area (Å²) in [6, 6.07) is 11.5. The van der Waals surface area contributed by atoms with Gasteiger partial charge in [-0.05, 0) is 41.3 Å². The number of phenols is 1. The number of carbonyl (C=O) groups excluding carboxylic acids is 7. The maximum atomic E-state index is 14.1. The van der Waals surface area contributed by atoms with E-state index in [0.717, 1.165) is 0 Å². The molecule has 0 saturated carbocycles. The van der Waals surface area contributed by atoms with Crippen LogP contribution in [0.4, 0.5) is 0 Å². The molecule has 0 radical (unpaired) electrons. The number of aromatic amines is 1. The van der Waals surface area contributed by atoms with E-state index in [2.05, 4.69) is 31.6 Å². The van der Waals surface area contributed by atoms with Gasteiger partial charge in [-0.15, -0.1) is 0 Å². The molecule has 7 amide bonds. The van der Waals surface area contributed by atoms with Gasteiger partial charge in [-0.2, -0.15) is 0 Å². The second-order valence-electron chi connectivity index (χ2n) is 14.6.